The Labute approximate surface area is 179 Å². The Balaban J connectivity index is 0.000000330. The molecule has 2 unspecified atom stereocenters. The van der Waals surface area contributed by atoms with Crippen LogP contribution in [0.25, 0.3) is 17.0 Å². The Bertz CT molecular complexity index is 1080. The average molecular weight is 430 g/mol. The number of anilines is 1. The predicted molar refractivity (Wildman–Crippen MR) is 115 cm³/mol. The molecule has 3 aromatic rings. The summed E-state index contributed by atoms with van der Waals surface area (Å²) < 4.78 is 18.8. The molecule has 4 rings (SSSR count). The van der Waals surface area contributed by atoms with Crippen molar-refractivity contribution in [2.24, 2.45) is 5.73 Å². The molecule has 9 nitrogen and oxygen atoms in total. The highest BCUT2D eigenvalue weighted by Crippen LogP contribution is 2.33. The Morgan fingerprint density at radius 3 is 2.61 bits per heavy atom. The number of primary amides is 1. The van der Waals surface area contributed by atoms with Crippen molar-refractivity contribution in [3.8, 4) is 17.3 Å². The first-order valence-corrected chi connectivity index (χ1v) is 9.94. The third-order valence-corrected chi connectivity index (χ3v) is 5.00. The minimum Gasteiger partial charge on any atom is -0.480 e. The smallest absolute Gasteiger partial charge is 0.252 e. The number of imidazole rings is 1. The second-order valence-corrected chi connectivity index (χ2v) is 7.93. The van der Waals surface area contributed by atoms with Crippen LogP contribution in [0.5, 0.6) is 5.88 Å². The van der Waals surface area contributed by atoms with E-state index in [2.05, 4.69) is 20.4 Å². The van der Waals surface area contributed by atoms with Gasteiger partial charge in [-0.2, -0.15) is 0 Å². The molecule has 0 aromatic carbocycles. The van der Waals surface area contributed by atoms with E-state index in [9.17, 15) is 9.18 Å². The van der Waals surface area contributed by atoms with Crippen LogP contribution in [0.2, 0.25) is 0 Å². The summed E-state index contributed by atoms with van der Waals surface area (Å²) in [5, 5.41) is 16.4. The van der Waals surface area contributed by atoms with Crippen LogP contribution in [-0.4, -0.2) is 55.5 Å². The summed E-state index contributed by atoms with van der Waals surface area (Å²) >= 11 is 0. The van der Waals surface area contributed by atoms with Crippen LogP contribution < -0.4 is 15.8 Å². The fourth-order valence-corrected chi connectivity index (χ4v) is 3.03. The van der Waals surface area contributed by atoms with E-state index in [0.717, 1.165) is 0 Å². The van der Waals surface area contributed by atoms with Gasteiger partial charge in [0.2, 0.25) is 5.88 Å². The Kier molecular flexibility index (Phi) is 6.40. The van der Waals surface area contributed by atoms with Gasteiger partial charge < -0.3 is 20.9 Å². The molecule has 1 amide bonds. The third-order valence-electron chi connectivity index (χ3n) is 5.00. The van der Waals surface area contributed by atoms with E-state index in [-0.39, 0.29) is 6.04 Å². The van der Waals surface area contributed by atoms with Crippen LogP contribution in [0.15, 0.2) is 30.6 Å². The van der Waals surface area contributed by atoms with E-state index in [1.165, 1.54) is 13.1 Å². The van der Waals surface area contributed by atoms with Crippen molar-refractivity contribution in [3.05, 3.63) is 36.2 Å². The number of ether oxygens (including phenoxy) is 1. The lowest BCUT2D eigenvalue weighted by atomic mass is 9.80. The molecule has 3 aromatic heterocycles. The lowest BCUT2D eigenvalue weighted by Crippen LogP contribution is -2.45. The van der Waals surface area contributed by atoms with Gasteiger partial charge in [0, 0.05) is 18.3 Å². The molecule has 166 valence electrons. The van der Waals surface area contributed by atoms with Gasteiger partial charge in [-0.1, -0.05) is 0 Å². The molecule has 3 heterocycles. The largest absolute Gasteiger partial charge is 0.480 e. The first-order chi connectivity index (χ1) is 14.6. The lowest BCUT2D eigenvalue weighted by Gasteiger charge is -2.36. The number of pyridine rings is 1. The van der Waals surface area contributed by atoms with Crippen LogP contribution in [0.4, 0.5) is 10.1 Å². The van der Waals surface area contributed by atoms with Crippen molar-refractivity contribution in [3.63, 3.8) is 0 Å². The van der Waals surface area contributed by atoms with Crippen LogP contribution in [0.1, 0.15) is 44.0 Å². The maximum absolute atomic E-state index is 12.0. The molecule has 10 heteroatoms. The molecule has 1 aliphatic rings. The number of hydrogen-bond donors (Lipinski definition) is 3. The number of aliphatic hydroxyl groups is 1. The molecular weight excluding hydrogens is 403 g/mol. The Morgan fingerprint density at radius 2 is 2.10 bits per heavy atom. The van der Waals surface area contributed by atoms with Crippen LogP contribution in [-0.2, 0) is 0 Å². The number of rotatable bonds is 5. The summed E-state index contributed by atoms with van der Waals surface area (Å²) in [6.07, 6.45) is 3.32. The molecule has 0 saturated heterocycles. The van der Waals surface area contributed by atoms with Gasteiger partial charge in [-0.15, -0.1) is 5.10 Å². The summed E-state index contributed by atoms with van der Waals surface area (Å²) in [6.45, 7) is 5.48. The normalized spacial score (nSPS) is 20.0. The van der Waals surface area contributed by atoms with Gasteiger partial charge in [0.15, 0.2) is 5.65 Å². The SMILES string of the molecule is CC1(O)CCC1F.COc1ccc2ncc(-c3cc(NC(C)C)c(C(N)=O)cn3)n2n1. The van der Waals surface area contributed by atoms with Gasteiger partial charge in [0.05, 0.1) is 35.9 Å². The van der Waals surface area contributed by atoms with Gasteiger partial charge in [0.1, 0.15) is 11.9 Å². The number of methoxy groups -OCH3 is 1. The zero-order valence-electron chi connectivity index (χ0n) is 18.0. The summed E-state index contributed by atoms with van der Waals surface area (Å²) in [7, 11) is 1.55. The van der Waals surface area contributed by atoms with Crippen LogP contribution >= 0.6 is 0 Å². The highest BCUT2D eigenvalue weighted by atomic mass is 19.1. The van der Waals surface area contributed by atoms with E-state index < -0.39 is 17.7 Å². The van der Waals surface area contributed by atoms with Gasteiger partial charge in [-0.25, -0.2) is 13.9 Å². The quantitative estimate of drug-likeness (QED) is 0.568. The second-order valence-electron chi connectivity index (χ2n) is 7.93. The van der Waals surface area contributed by atoms with Crippen molar-refractivity contribution < 1.29 is 19.0 Å². The number of carbonyl (C=O) groups is 1. The summed E-state index contributed by atoms with van der Waals surface area (Å²) in [5.74, 6) is -0.0637. The van der Waals surface area contributed by atoms with Gasteiger partial charge in [-0.05, 0) is 45.7 Å². The molecule has 0 radical (unpaired) electrons. The zero-order valence-corrected chi connectivity index (χ0v) is 18.0. The number of nitrogens with zero attached hydrogens (tertiary/aromatic N) is 4. The van der Waals surface area contributed by atoms with Gasteiger partial charge >= 0.3 is 0 Å². The number of amides is 1. The first-order valence-electron chi connectivity index (χ1n) is 9.94. The lowest BCUT2D eigenvalue weighted by molar-refractivity contribution is -0.0919. The number of aromatic nitrogens is 4. The molecular formula is C21H27FN6O3. The molecule has 31 heavy (non-hydrogen) atoms. The number of alkyl halides is 1. The fraction of sp³-hybridized carbons (Fsp3) is 0.429. The fourth-order valence-electron chi connectivity index (χ4n) is 3.03. The summed E-state index contributed by atoms with van der Waals surface area (Å²) in [5.41, 5.74) is 7.38. The Hall–Kier alpha value is -3.27. The predicted octanol–water partition coefficient (Wildman–Crippen LogP) is 2.59. The number of nitrogens with one attached hydrogen (secondary N) is 1. The number of nitrogens with two attached hydrogens (primary N) is 1. The van der Waals surface area contributed by atoms with Crippen molar-refractivity contribution in [2.75, 3.05) is 12.4 Å². The standard InChI is InChI=1S/C16H18N6O2.C5H9FO/c1-9(2)20-11-6-12(18-7-10(11)16(17)23)13-8-19-14-4-5-15(24-3)21-22(13)14;1-5(7)3-2-4(5)6/h4-9H,1-3H3,(H2,17,23)(H,18,20);4,7H,2-3H2,1H3. The first kappa shape index (κ1) is 22.4. The minimum absolute atomic E-state index is 0.138. The average Bonchev–Trinajstić information content (AvgIpc) is 3.15. The van der Waals surface area contributed by atoms with Crippen molar-refractivity contribution in [1.82, 2.24) is 19.6 Å². The maximum Gasteiger partial charge on any atom is 0.252 e. The summed E-state index contributed by atoms with van der Waals surface area (Å²) in [6, 6.07) is 5.45. The second kappa shape index (κ2) is 8.84. The van der Waals surface area contributed by atoms with Gasteiger partial charge in [-0.3, -0.25) is 9.78 Å². The Morgan fingerprint density at radius 1 is 1.39 bits per heavy atom. The molecule has 4 N–H and O–H groups in total. The topological polar surface area (TPSA) is 128 Å². The van der Waals surface area contributed by atoms with Crippen molar-refractivity contribution >= 4 is 17.2 Å². The third kappa shape index (κ3) is 4.91. The highest BCUT2D eigenvalue weighted by Gasteiger charge is 2.41. The van der Waals surface area contributed by atoms with E-state index in [1.807, 2.05) is 13.8 Å². The van der Waals surface area contributed by atoms with Crippen LogP contribution in [0.3, 0.4) is 0 Å². The van der Waals surface area contributed by atoms with E-state index in [1.54, 1.807) is 36.0 Å². The van der Waals surface area contributed by atoms with Crippen LogP contribution in [0, 0.1) is 0 Å². The molecule has 0 aliphatic heterocycles. The van der Waals surface area contributed by atoms with Crippen molar-refractivity contribution in [1.29, 1.82) is 0 Å². The molecule has 1 saturated carbocycles. The molecule has 1 fully saturated rings. The number of halogens is 1. The molecule has 1 aliphatic carbocycles. The van der Waals surface area contributed by atoms with E-state index >= 15 is 0 Å². The minimum atomic E-state index is -0.986. The summed E-state index contributed by atoms with van der Waals surface area (Å²) in [4.78, 5) is 20.2. The number of carbonyl (C=O) groups excluding carboxylic acids is 1. The number of hydrogen-bond acceptors (Lipinski definition) is 7. The monoisotopic (exact) mass is 430 g/mol. The molecule has 0 spiro atoms. The number of fused-ring (bicyclic) bond motifs is 1. The zero-order chi connectivity index (χ0) is 22.8. The van der Waals surface area contributed by atoms with E-state index in [4.69, 9.17) is 15.6 Å². The van der Waals surface area contributed by atoms with Crippen molar-refractivity contribution in [2.45, 2.75) is 51.4 Å². The highest BCUT2D eigenvalue weighted by molar-refractivity contribution is 5.98. The molecule has 2 atom stereocenters. The van der Waals surface area contributed by atoms with Gasteiger partial charge in [0.25, 0.3) is 5.91 Å². The maximum atomic E-state index is 12.0. The molecule has 0 bridgehead atoms. The van der Waals surface area contributed by atoms with E-state index in [0.29, 0.717) is 47.0 Å².